The Labute approximate surface area is 112 Å². The standard InChI is InChI=1S/C11H11ClF3NO3/c12-8-2-1-3-9(6-8)16(7-10(17)18)4-5-19-11(13,14)15/h1-3,6H,4-5,7H2,(H,17,18). The van der Waals surface area contributed by atoms with Gasteiger partial charge in [-0.15, -0.1) is 13.2 Å². The summed E-state index contributed by atoms with van der Waals surface area (Å²) in [7, 11) is 0. The van der Waals surface area contributed by atoms with E-state index in [1.807, 2.05) is 0 Å². The number of carbonyl (C=O) groups is 1. The SMILES string of the molecule is O=C(O)CN(CCOC(F)(F)F)c1cccc(Cl)c1. The van der Waals surface area contributed by atoms with E-state index < -0.39 is 25.5 Å². The van der Waals surface area contributed by atoms with Crippen LogP contribution >= 0.6 is 11.6 Å². The number of carboxylic acids is 1. The second-order valence-electron chi connectivity index (χ2n) is 3.59. The lowest BCUT2D eigenvalue weighted by molar-refractivity contribution is -0.323. The number of aliphatic carboxylic acids is 1. The first-order chi connectivity index (χ1) is 8.78. The molecule has 0 atom stereocenters. The van der Waals surface area contributed by atoms with Gasteiger partial charge in [-0.05, 0) is 18.2 Å². The molecule has 0 amide bonds. The Morgan fingerprint density at radius 3 is 2.63 bits per heavy atom. The lowest BCUT2D eigenvalue weighted by Gasteiger charge is -2.23. The van der Waals surface area contributed by atoms with E-state index >= 15 is 0 Å². The molecule has 0 saturated carbocycles. The highest BCUT2D eigenvalue weighted by Crippen LogP contribution is 2.20. The van der Waals surface area contributed by atoms with E-state index in [1.165, 1.54) is 11.0 Å². The van der Waals surface area contributed by atoms with Crippen LogP contribution in [0.2, 0.25) is 5.02 Å². The highest BCUT2D eigenvalue weighted by molar-refractivity contribution is 6.30. The van der Waals surface area contributed by atoms with Gasteiger partial charge in [-0.25, -0.2) is 0 Å². The highest BCUT2D eigenvalue weighted by atomic mass is 35.5. The van der Waals surface area contributed by atoms with Gasteiger partial charge >= 0.3 is 12.3 Å². The molecule has 8 heteroatoms. The quantitative estimate of drug-likeness (QED) is 0.877. The molecule has 1 aromatic carbocycles. The Morgan fingerprint density at radius 1 is 1.42 bits per heavy atom. The summed E-state index contributed by atoms with van der Waals surface area (Å²) in [5.74, 6) is -1.16. The van der Waals surface area contributed by atoms with Gasteiger partial charge in [0, 0.05) is 17.3 Å². The van der Waals surface area contributed by atoms with Crippen LogP contribution in [0.25, 0.3) is 0 Å². The van der Waals surface area contributed by atoms with Crippen molar-refractivity contribution < 1.29 is 27.8 Å². The molecule has 1 rings (SSSR count). The van der Waals surface area contributed by atoms with Crippen LogP contribution in [0, 0.1) is 0 Å². The van der Waals surface area contributed by atoms with Crippen molar-refractivity contribution in [3.63, 3.8) is 0 Å². The van der Waals surface area contributed by atoms with Gasteiger partial charge in [0.1, 0.15) is 6.54 Å². The zero-order valence-electron chi connectivity index (χ0n) is 9.65. The molecule has 1 N–H and O–H groups in total. The van der Waals surface area contributed by atoms with E-state index in [0.29, 0.717) is 10.7 Å². The van der Waals surface area contributed by atoms with Crippen LogP contribution in [0.1, 0.15) is 0 Å². The second kappa shape index (κ2) is 6.63. The van der Waals surface area contributed by atoms with E-state index in [4.69, 9.17) is 16.7 Å². The average Bonchev–Trinajstić information content (AvgIpc) is 2.25. The Morgan fingerprint density at radius 2 is 2.11 bits per heavy atom. The van der Waals surface area contributed by atoms with Gasteiger partial charge in [-0.2, -0.15) is 0 Å². The maximum absolute atomic E-state index is 11.9. The summed E-state index contributed by atoms with van der Waals surface area (Å²) in [4.78, 5) is 11.9. The number of rotatable bonds is 6. The number of hydrogen-bond acceptors (Lipinski definition) is 3. The van der Waals surface area contributed by atoms with Gasteiger partial charge in [0.15, 0.2) is 0 Å². The third kappa shape index (κ3) is 6.30. The molecule has 0 aliphatic rings. The van der Waals surface area contributed by atoms with Gasteiger partial charge in [0.2, 0.25) is 0 Å². The Bertz CT molecular complexity index is 439. The van der Waals surface area contributed by atoms with Crippen LogP contribution in [-0.4, -0.2) is 37.1 Å². The molecule has 0 fully saturated rings. The van der Waals surface area contributed by atoms with Crippen molar-refractivity contribution in [2.24, 2.45) is 0 Å². The summed E-state index contributed by atoms with van der Waals surface area (Å²) >= 11 is 5.75. The van der Waals surface area contributed by atoms with Gasteiger partial charge < -0.3 is 10.0 Å². The van der Waals surface area contributed by atoms with Crippen molar-refractivity contribution in [1.29, 1.82) is 0 Å². The van der Waals surface area contributed by atoms with Crippen LogP contribution in [-0.2, 0) is 9.53 Å². The number of nitrogens with zero attached hydrogens (tertiary/aromatic N) is 1. The molecular formula is C11H11ClF3NO3. The molecule has 0 spiro atoms. The molecule has 106 valence electrons. The average molecular weight is 298 g/mol. The fourth-order valence-electron chi connectivity index (χ4n) is 1.41. The first-order valence-electron chi connectivity index (χ1n) is 5.21. The molecule has 4 nitrogen and oxygen atoms in total. The monoisotopic (exact) mass is 297 g/mol. The number of benzene rings is 1. The maximum atomic E-state index is 11.9. The van der Waals surface area contributed by atoms with Gasteiger partial charge in [-0.3, -0.25) is 9.53 Å². The molecule has 0 heterocycles. The molecule has 0 aromatic heterocycles. The van der Waals surface area contributed by atoms with Crippen LogP contribution < -0.4 is 4.90 Å². The van der Waals surface area contributed by atoms with Crippen LogP contribution in [0.3, 0.4) is 0 Å². The number of alkyl halides is 3. The number of anilines is 1. The predicted octanol–water partition coefficient (Wildman–Crippen LogP) is 2.77. The van der Waals surface area contributed by atoms with Gasteiger partial charge in [0.05, 0.1) is 6.61 Å². The summed E-state index contributed by atoms with van der Waals surface area (Å²) in [6, 6.07) is 6.19. The van der Waals surface area contributed by atoms with E-state index in [1.54, 1.807) is 18.2 Å². The molecule has 0 bridgehead atoms. The van der Waals surface area contributed by atoms with Crippen molar-refractivity contribution in [3.05, 3.63) is 29.3 Å². The second-order valence-corrected chi connectivity index (χ2v) is 4.03. The van der Waals surface area contributed by atoms with Crippen LogP contribution in [0.15, 0.2) is 24.3 Å². The summed E-state index contributed by atoms with van der Waals surface area (Å²) in [6.45, 7) is -1.32. The van der Waals surface area contributed by atoms with Crippen molar-refractivity contribution in [3.8, 4) is 0 Å². The number of hydrogen-bond donors (Lipinski definition) is 1. The zero-order valence-corrected chi connectivity index (χ0v) is 10.4. The Hall–Kier alpha value is -1.47. The van der Waals surface area contributed by atoms with E-state index in [0.717, 1.165) is 0 Å². The minimum atomic E-state index is -4.73. The predicted molar refractivity (Wildman–Crippen MR) is 63.3 cm³/mol. The minimum Gasteiger partial charge on any atom is -0.480 e. The summed E-state index contributed by atoms with van der Waals surface area (Å²) in [5.41, 5.74) is 0.417. The lowest BCUT2D eigenvalue weighted by Crippen LogP contribution is -2.34. The number of halogens is 4. The zero-order chi connectivity index (χ0) is 14.5. The van der Waals surface area contributed by atoms with Crippen molar-refractivity contribution in [2.75, 3.05) is 24.6 Å². The van der Waals surface area contributed by atoms with Crippen LogP contribution in [0.5, 0.6) is 0 Å². The van der Waals surface area contributed by atoms with Crippen molar-refractivity contribution in [2.45, 2.75) is 6.36 Å². The molecule has 1 aromatic rings. The van der Waals surface area contributed by atoms with E-state index in [9.17, 15) is 18.0 Å². The third-order valence-corrected chi connectivity index (χ3v) is 2.36. The summed E-state index contributed by atoms with van der Waals surface area (Å²) < 4.78 is 39.2. The fourth-order valence-corrected chi connectivity index (χ4v) is 1.59. The van der Waals surface area contributed by atoms with E-state index in [-0.39, 0.29) is 6.54 Å². The molecule has 19 heavy (non-hydrogen) atoms. The van der Waals surface area contributed by atoms with E-state index in [2.05, 4.69) is 4.74 Å². The first kappa shape index (κ1) is 15.6. The topological polar surface area (TPSA) is 49.8 Å². The smallest absolute Gasteiger partial charge is 0.480 e. The Balaban J connectivity index is 2.69. The van der Waals surface area contributed by atoms with Crippen LogP contribution in [0.4, 0.5) is 18.9 Å². The molecule has 0 aliphatic heterocycles. The van der Waals surface area contributed by atoms with Gasteiger partial charge in [0.25, 0.3) is 0 Å². The van der Waals surface area contributed by atoms with Crippen molar-refractivity contribution >= 4 is 23.3 Å². The third-order valence-electron chi connectivity index (χ3n) is 2.13. The lowest BCUT2D eigenvalue weighted by atomic mass is 10.3. The fraction of sp³-hybridized carbons (Fsp3) is 0.364. The molecule has 0 aliphatic carbocycles. The maximum Gasteiger partial charge on any atom is 0.522 e. The molecule has 0 unspecified atom stereocenters. The first-order valence-corrected chi connectivity index (χ1v) is 5.59. The molecule has 0 radical (unpaired) electrons. The highest BCUT2D eigenvalue weighted by Gasteiger charge is 2.29. The van der Waals surface area contributed by atoms with Gasteiger partial charge in [-0.1, -0.05) is 17.7 Å². The summed E-state index contributed by atoms with van der Waals surface area (Å²) in [5, 5.41) is 9.10. The normalized spacial score (nSPS) is 11.4. The largest absolute Gasteiger partial charge is 0.522 e. The minimum absolute atomic E-state index is 0.216. The molecule has 0 saturated heterocycles. The number of ether oxygens (including phenoxy) is 1. The van der Waals surface area contributed by atoms with Crippen molar-refractivity contribution in [1.82, 2.24) is 0 Å². The number of carboxylic acid groups (broad SMARTS) is 1. The summed E-state index contributed by atoms with van der Waals surface area (Å²) in [6.07, 6.45) is -4.73. The Kier molecular flexibility index (Phi) is 5.44. The molecular weight excluding hydrogens is 287 g/mol.